The van der Waals surface area contributed by atoms with Crippen molar-refractivity contribution < 1.29 is 23.1 Å². The number of anilines is 1. The van der Waals surface area contributed by atoms with Crippen LogP contribution in [-0.4, -0.2) is 35.7 Å². The number of benzene rings is 1. The number of hydrogen-bond acceptors (Lipinski definition) is 2. The molecule has 1 heterocycles. The number of carbonyl (C=O) groups excluding carboxylic acids is 1. The van der Waals surface area contributed by atoms with Gasteiger partial charge in [0.1, 0.15) is 0 Å². The van der Waals surface area contributed by atoms with Crippen molar-refractivity contribution in [3.63, 3.8) is 0 Å². The lowest BCUT2D eigenvalue weighted by Crippen LogP contribution is -2.41. The Balaban J connectivity index is 1.98. The Morgan fingerprint density at radius 2 is 1.80 bits per heavy atom. The van der Waals surface area contributed by atoms with Gasteiger partial charge in [0.15, 0.2) is 17.5 Å². The molecule has 2 rings (SSSR count). The minimum absolute atomic E-state index is 0.0871. The van der Waals surface area contributed by atoms with Gasteiger partial charge < -0.3 is 15.3 Å². The van der Waals surface area contributed by atoms with E-state index in [2.05, 4.69) is 5.32 Å². The van der Waals surface area contributed by atoms with Crippen LogP contribution in [0.4, 0.5) is 23.7 Å². The van der Waals surface area contributed by atoms with Gasteiger partial charge in [-0.1, -0.05) is 0 Å². The van der Waals surface area contributed by atoms with Crippen molar-refractivity contribution >= 4 is 11.7 Å². The van der Waals surface area contributed by atoms with Crippen LogP contribution in [-0.2, 0) is 0 Å². The zero-order chi connectivity index (χ0) is 14.7. The van der Waals surface area contributed by atoms with Crippen molar-refractivity contribution in [2.24, 2.45) is 5.92 Å². The number of halogens is 3. The molecule has 0 aliphatic carbocycles. The van der Waals surface area contributed by atoms with Crippen LogP contribution in [0.2, 0.25) is 0 Å². The zero-order valence-electron chi connectivity index (χ0n) is 10.7. The van der Waals surface area contributed by atoms with Crippen LogP contribution in [0.3, 0.4) is 0 Å². The van der Waals surface area contributed by atoms with Gasteiger partial charge in [-0.25, -0.2) is 18.0 Å². The zero-order valence-corrected chi connectivity index (χ0v) is 10.7. The molecule has 1 aliphatic heterocycles. The lowest BCUT2D eigenvalue weighted by atomic mass is 9.98. The van der Waals surface area contributed by atoms with E-state index in [0.717, 1.165) is 12.1 Å². The van der Waals surface area contributed by atoms with Gasteiger partial charge in [-0.3, -0.25) is 0 Å². The summed E-state index contributed by atoms with van der Waals surface area (Å²) in [6.07, 6.45) is 1.35. The molecule has 1 saturated heterocycles. The predicted octanol–water partition coefficient (Wildman–Crippen LogP) is 2.34. The maximum Gasteiger partial charge on any atom is 0.321 e. The maximum atomic E-state index is 13.0. The monoisotopic (exact) mass is 288 g/mol. The molecular formula is C13H15F3N2O2. The first-order chi connectivity index (χ1) is 9.51. The smallest absolute Gasteiger partial charge is 0.321 e. The van der Waals surface area contributed by atoms with Crippen LogP contribution < -0.4 is 5.32 Å². The minimum atomic E-state index is -1.56. The Kier molecular flexibility index (Phi) is 4.49. The molecule has 0 unspecified atom stereocenters. The summed E-state index contributed by atoms with van der Waals surface area (Å²) < 4.78 is 38.8. The van der Waals surface area contributed by atoms with Crippen LogP contribution >= 0.6 is 0 Å². The van der Waals surface area contributed by atoms with E-state index in [1.54, 1.807) is 0 Å². The van der Waals surface area contributed by atoms with Gasteiger partial charge >= 0.3 is 6.03 Å². The highest BCUT2D eigenvalue weighted by molar-refractivity contribution is 5.89. The van der Waals surface area contributed by atoms with Crippen LogP contribution in [0, 0.1) is 23.4 Å². The summed E-state index contributed by atoms with van der Waals surface area (Å²) in [7, 11) is 0. The fourth-order valence-electron chi connectivity index (χ4n) is 2.15. The second-order valence-electron chi connectivity index (χ2n) is 4.80. The molecule has 7 heteroatoms. The summed E-state index contributed by atoms with van der Waals surface area (Å²) in [4.78, 5) is 13.4. The van der Waals surface area contributed by atoms with E-state index in [9.17, 15) is 18.0 Å². The number of aliphatic hydroxyl groups excluding tert-OH is 1. The Morgan fingerprint density at radius 1 is 1.25 bits per heavy atom. The van der Waals surface area contributed by atoms with Gasteiger partial charge in [0.2, 0.25) is 0 Å². The fraction of sp³-hybridized carbons (Fsp3) is 0.462. The van der Waals surface area contributed by atoms with E-state index in [-0.39, 0.29) is 18.2 Å². The minimum Gasteiger partial charge on any atom is -0.396 e. The number of aliphatic hydroxyl groups is 1. The van der Waals surface area contributed by atoms with Crippen LogP contribution in [0.5, 0.6) is 0 Å². The molecule has 4 nitrogen and oxygen atoms in total. The third-order valence-corrected chi connectivity index (χ3v) is 3.40. The van der Waals surface area contributed by atoms with Crippen molar-refractivity contribution in [1.29, 1.82) is 0 Å². The number of hydrogen-bond donors (Lipinski definition) is 2. The van der Waals surface area contributed by atoms with Gasteiger partial charge in [0, 0.05) is 37.5 Å². The number of rotatable bonds is 2. The molecule has 2 N–H and O–H groups in total. The van der Waals surface area contributed by atoms with Crippen molar-refractivity contribution in [1.82, 2.24) is 4.90 Å². The summed E-state index contributed by atoms with van der Waals surface area (Å²) in [5.41, 5.74) is -0.129. The molecule has 110 valence electrons. The van der Waals surface area contributed by atoms with Crippen LogP contribution in [0.1, 0.15) is 12.8 Å². The molecule has 0 atom stereocenters. The average molecular weight is 288 g/mol. The topological polar surface area (TPSA) is 52.6 Å². The summed E-state index contributed by atoms with van der Waals surface area (Å²) in [5.74, 6) is -4.08. The summed E-state index contributed by atoms with van der Waals surface area (Å²) >= 11 is 0. The van der Waals surface area contributed by atoms with Crippen LogP contribution in [0.15, 0.2) is 12.1 Å². The highest BCUT2D eigenvalue weighted by atomic mass is 19.2. The first-order valence-corrected chi connectivity index (χ1v) is 6.32. The molecule has 1 aromatic carbocycles. The molecular weight excluding hydrogens is 273 g/mol. The number of likely N-dealkylation sites (tertiary alicyclic amines) is 1. The van der Waals surface area contributed by atoms with Gasteiger partial charge in [-0.05, 0) is 18.8 Å². The second kappa shape index (κ2) is 6.13. The van der Waals surface area contributed by atoms with E-state index in [1.807, 2.05) is 0 Å². The molecule has 0 radical (unpaired) electrons. The summed E-state index contributed by atoms with van der Waals surface area (Å²) in [6, 6.07) is 0.972. The van der Waals surface area contributed by atoms with E-state index in [1.165, 1.54) is 4.90 Å². The molecule has 2 amide bonds. The van der Waals surface area contributed by atoms with Gasteiger partial charge in [-0.15, -0.1) is 0 Å². The number of carbonyl (C=O) groups is 1. The third-order valence-electron chi connectivity index (χ3n) is 3.40. The number of urea groups is 1. The first kappa shape index (κ1) is 14.6. The molecule has 0 saturated carbocycles. The van der Waals surface area contributed by atoms with Gasteiger partial charge in [-0.2, -0.15) is 0 Å². The largest absolute Gasteiger partial charge is 0.396 e. The lowest BCUT2D eigenvalue weighted by molar-refractivity contribution is 0.143. The predicted molar refractivity (Wildman–Crippen MR) is 66.7 cm³/mol. The fourth-order valence-corrected chi connectivity index (χ4v) is 2.15. The first-order valence-electron chi connectivity index (χ1n) is 6.32. The number of nitrogens with one attached hydrogen (secondary N) is 1. The Labute approximate surface area is 114 Å². The molecule has 1 aliphatic rings. The third kappa shape index (κ3) is 3.22. The normalized spacial score (nSPS) is 16.3. The standard InChI is InChI=1S/C13H15F3N2O2/c14-10-5-9(6-11(15)12(10)16)17-13(20)18-3-1-8(7-19)2-4-18/h5-6,8,19H,1-4,7H2,(H,17,20). The van der Waals surface area contributed by atoms with Crippen molar-refractivity contribution in [2.45, 2.75) is 12.8 Å². The number of amides is 2. The van der Waals surface area contributed by atoms with E-state index >= 15 is 0 Å². The SMILES string of the molecule is O=C(Nc1cc(F)c(F)c(F)c1)N1CCC(CO)CC1. The van der Waals surface area contributed by atoms with Crippen molar-refractivity contribution in [2.75, 3.05) is 25.0 Å². The quantitative estimate of drug-likeness (QED) is 0.821. The highest BCUT2D eigenvalue weighted by Crippen LogP contribution is 2.20. The summed E-state index contributed by atoms with van der Waals surface area (Å²) in [5, 5.41) is 11.3. The van der Waals surface area contributed by atoms with E-state index in [4.69, 9.17) is 5.11 Å². The molecule has 0 aromatic heterocycles. The number of nitrogens with zero attached hydrogens (tertiary/aromatic N) is 1. The molecule has 20 heavy (non-hydrogen) atoms. The summed E-state index contributed by atoms with van der Waals surface area (Å²) in [6.45, 7) is 1.01. The van der Waals surface area contributed by atoms with E-state index in [0.29, 0.717) is 25.9 Å². The van der Waals surface area contributed by atoms with Gasteiger partial charge in [0.05, 0.1) is 0 Å². The second-order valence-corrected chi connectivity index (χ2v) is 4.80. The van der Waals surface area contributed by atoms with Crippen molar-refractivity contribution in [3.8, 4) is 0 Å². The lowest BCUT2D eigenvalue weighted by Gasteiger charge is -2.31. The Morgan fingerprint density at radius 3 is 2.30 bits per heavy atom. The van der Waals surface area contributed by atoms with Gasteiger partial charge in [0.25, 0.3) is 0 Å². The molecule has 1 aromatic rings. The number of piperidine rings is 1. The maximum absolute atomic E-state index is 13.0. The molecule has 0 spiro atoms. The van der Waals surface area contributed by atoms with Crippen molar-refractivity contribution in [3.05, 3.63) is 29.6 Å². The molecule has 0 bridgehead atoms. The Bertz CT molecular complexity index is 479. The molecule has 1 fully saturated rings. The van der Waals surface area contributed by atoms with E-state index < -0.39 is 23.5 Å². The average Bonchev–Trinajstić information content (AvgIpc) is 2.44. The van der Waals surface area contributed by atoms with Crippen LogP contribution in [0.25, 0.3) is 0 Å². The highest BCUT2D eigenvalue weighted by Gasteiger charge is 2.22. The Hall–Kier alpha value is -1.76.